The van der Waals surface area contributed by atoms with Crippen LogP contribution in [0.1, 0.15) is 25.3 Å². The largest absolute Gasteiger partial charge is 0.497 e. The zero-order valence-electron chi connectivity index (χ0n) is 21.8. The Morgan fingerprint density at radius 3 is 1.62 bits per heavy atom. The maximum Gasteiger partial charge on any atom is 0.269 e. The molecule has 4 rings (SSSR count). The quantitative estimate of drug-likeness (QED) is 0.263. The van der Waals surface area contributed by atoms with E-state index < -0.39 is 27.6 Å². The molecule has 1 aliphatic rings. The van der Waals surface area contributed by atoms with Crippen molar-refractivity contribution in [1.29, 1.82) is 0 Å². The number of non-ortho nitro benzene ring substituents is 2. The van der Waals surface area contributed by atoms with Crippen LogP contribution < -0.4 is 20.7 Å². The third kappa shape index (κ3) is 5.80. The Hall–Kier alpha value is -5.52. The lowest BCUT2D eigenvalue weighted by molar-refractivity contribution is -0.385. The van der Waals surface area contributed by atoms with E-state index in [0.29, 0.717) is 34.1 Å². The molecular weight excluding hydrogens is 518 g/mol. The molecule has 0 aliphatic carbocycles. The van der Waals surface area contributed by atoms with Gasteiger partial charge in [0.25, 0.3) is 23.2 Å². The summed E-state index contributed by atoms with van der Waals surface area (Å²) in [6.45, 7) is 3.43. The molecule has 0 atom stereocenters. The molecule has 3 aromatic rings. The number of ether oxygens (including phenoxy) is 1. The minimum absolute atomic E-state index is 0.120. The topological polar surface area (TPSA) is 166 Å². The first-order valence-corrected chi connectivity index (χ1v) is 12.0. The summed E-state index contributed by atoms with van der Waals surface area (Å²) < 4.78 is 5.38. The molecule has 40 heavy (non-hydrogen) atoms. The van der Waals surface area contributed by atoms with Crippen molar-refractivity contribution in [2.45, 2.75) is 19.8 Å². The van der Waals surface area contributed by atoms with Crippen molar-refractivity contribution >= 4 is 34.6 Å². The highest BCUT2D eigenvalue weighted by Crippen LogP contribution is 2.40. The van der Waals surface area contributed by atoms with Crippen LogP contribution in [0.3, 0.4) is 0 Å². The van der Waals surface area contributed by atoms with Crippen molar-refractivity contribution in [3.8, 4) is 5.75 Å². The van der Waals surface area contributed by atoms with Crippen LogP contribution in [0.5, 0.6) is 5.75 Å². The average Bonchev–Trinajstić information content (AvgIpc) is 2.93. The average molecular weight is 544 g/mol. The highest BCUT2D eigenvalue weighted by atomic mass is 16.6. The number of hydrogen-bond acceptors (Lipinski definition) is 8. The molecule has 1 aliphatic heterocycles. The summed E-state index contributed by atoms with van der Waals surface area (Å²) in [5.41, 5.74) is 2.58. The van der Waals surface area contributed by atoms with Crippen molar-refractivity contribution in [2.24, 2.45) is 0 Å². The maximum atomic E-state index is 13.7. The molecular formula is C28H25N5O7. The number of carbonyl (C=O) groups is 2. The van der Waals surface area contributed by atoms with E-state index in [1.54, 1.807) is 38.1 Å². The molecule has 3 N–H and O–H groups in total. The zero-order chi connectivity index (χ0) is 29.0. The van der Waals surface area contributed by atoms with Gasteiger partial charge in [-0.05, 0) is 55.8 Å². The summed E-state index contributed by atoms with van der Waals surface area (Å²) in [6.07, 6.45) is 0. The Labute approximate surface area is 228 Å². The number of allylic oxidation sites excluding steroid dienone is 2. The zero-order valence-corrected chi connectivity index (χ0v) is 21.8. The predicted octanol–water partition coefficient (Wildman–Crippen LogP) is 5.02. The Morgan fingerprint density at radius 1 is 0.775 bits per heavy atom. The van der Waals surface area contributed by atoms with Gasteiger partial charge in [-0.2, -0.15) is 0 Å². The first-order chi connectivity index (χ1) is 19.1. The molecule has 12 heteroatoms. The Balaban J connectivity index is 1.73. The van der Waals surface area contributed by atoms with E-state index in [1.807, 2.05) is 0 Å². The molecule has 3 aromatic carbocycles. The third-order valence-corrected chi connectivity index (χ3v) is 6.35. The molecule has 0 unspecified atom stereocenters. The second-order valence-electron chi connectivity index (χ2n) is 8.93. The number of nitrogens with zero attached hydrogens (tertiary/aromatic N) is 2. The monoisotopic (exact) mass is 543 g/mol. The predicted molar refractivity (Wildman–Crippen MR) is 148 cm³/mol. The first-order valence-electron chi connectivity index (χ1n) is 12.0. The molecule has 0 bridgehead atoms. The van der Waals surface area contributed by atoms with Gasteiger partial charge in [0.05, 0.1) is 17.0 Å². The third-order valence-electron chi connectivity index (χ3n) is 6.35. The number of anilines is 2. The van der Waals surface area contributed by atoms with Crippen LogP contribution in [-0.4, -0.2) is 28.8 Å². The minimum Gasteiger partial charge on any atom is -0.497 e. The van der Waals surface area contributed by atoms with Crippen molar-refractivity contribution in [3.63, 3.8) is 0 Å². The van der Waals surface area contributed by atoms with E-state index >= 15 is 0 Å². The van der Waals surface area contributed by atoms with Crippen LogP contribution in [0.25, 0.3) is 0 Å². The number of benzene rings is 3. The lowest BCUT2D eigenvalue weighted by Gasteiger charge is -2.31. The van der Waals surface area contributed by atoms with Gasteiger partial charge in [0, 0.05) is 64.1 Å². The molecule has 2 amide bonds. The fourth-order valence-electron chi connectivity index (χ4n) is 4.48. The summed E-state index contributed by atoms with van der Waals surface area (Å²) in [7, 11) is 1.51. The van der Waals surface area contributed by atoms with E-state index in [2.05, 4.69) is 16.0 Å². The van der Waals surface area contributed by atoms with Crippen LogP contribution in [-0.2, 0) is 9.59 Å². The number of nitrogens with one attached hydrogen (secondary N) is 3. The van der Waals surface area contributed by atoms with E-state index in [0.717, 1.165) is 0 Å². The molecule has 0 saturated carbocycles. The SMILES string of the molecule is COc1cccc(C2C(C(=O)Nc3ccc([N+](=O)[O-])cc3)=C(C)NC(C)=C2C(=O)Nc2ccc([N+](=O)[O-])cc2)c1. The van der Waals surface area contributed by atoms with E-state index in [9.17, 15) is 29.8 Å². The first kappa shape index (κ1) is 27.5. The number of dihydropyridines is 1. The van der Waals surface area contributed by atoms with Crippen LogP contribution in [0.15, 0.2) is 95.3 Å². The second-order valence-corrected chi connectivity index (χ2v) is 8.93. The number of methoxy groups -OCH3 is 1. The summed E-state index contributed by atoms with van der Waals surface area (Å²) >= 11 is 0. The van der Waals surface area contributed by atoms with E-state index in [-0.39, 0.29) is 22.5 Å². The van der Waals surface area contributed by atoms with Crippen LogP contribution in [0, 0.1) is 20.2 Å². The van der Waals surface area contributed by atoms with Gasteiger partial charge < -0.3 is 20.7 Å². The number of nitro benzene ring substituents is 2. The van der Waals surface area contributed by atoms with Gasteiger partial charge >= 0.3 is 0 Å². The van der Waals surface area contributed by atoms with Gasteiger partial charge in [-0.15, -0.1) is 0 Å². The Bertz CT molecular complexity index is 1470. The lowest BCUT2D eigenvalue weighted by Crippen LogP contribution is -2.35. The highest BCUT2D eigenvalue weighted by molar-refractivity contribution is 6.12. The van der Waals surface area contributed by atoms with Crippen molar-refractivity contribution in [2.75, 3.05) is 17.7 Å². The molecule has 0 saturated heterocycles. The fraction of sp³-hybridized carbons (Fsp3) is 0.143. The van der Waals surface area contributed by atoms with Crippen LogP contribution >= 0.6 is 0 Å². The Morgan fingerprint density at radius 2 is 1.23 bits per heavy atom. The number of nitro groups is 2. The van der Waals surface area contributed by atoms with Gasteiger partial charge in [-0.3, -0.25) is 29.8 Å². The molecule has 204 valence electrons. The number of rotatable bonds is 8. The van der Waals surface area contributed by atoms with E-state index in [4.69, 9.17) is 4.74 Å². The maximum absolute atomic E-state index is 13.7. The molecule has 0 radical (unpaired) electrons. The standard InChI is InChI=1S/C28H25N5O7/c1-16-24(27(34)30-19-7-11-21(12-8-19)32(36)37)26(18-5-4-6-23(15-18)40-3)25(17(2)29-16)28(35)31-20-9-13-22(14-10-20)33(38)39/h4-15,26,29H,1-3H3,(H,30,34)(H,31,35). The molecule has 1 heterocycles. The highest BCUT2D eigenvalue weighted by Gasteiger charge is 2.36. The number of amides is 2. The summed E-state index contributed by atoms with van der Waals surface area (Å²) in [6, 6.07) is 17.8. The smallest absolute Gasteiger partial charge is 0.269 e. The normalized spacial score (nSPS) is 13.4. The van der Waals surface area contributed by atoms with Gasteiger partial charge in [-0.25, -0.2) is 0 Å². The van der Waals surface area contributed by atoms with Crippen LogP contribution in [0.2, 0.25) is 0 Å². The second kappa shape index (κ2) is 11.5. The number of carbonyl (C=O) groups excluding carboxylic acids is 2. The van der Waals surface area contributed by atoms with Gasteiger partial charge in [0.1, 0.15) is 5.75 Å². The molecule has 0 fully saturated rings. The summed E-state index contributed by atoms with van der Waals surface area (Å²) in [5, 5.41) is 30.7. The van der Waals surface area contributed by atoms with Gasteiger partial charge in [-0.1, -0.05) is 12.1 Å². The summed E-state index contributed by atoms with van der Waals surface area (Å²) in [4.78, 5) is 48.3. The molecule has 0 spiro atoms. The fourth-order valence-corrected chi connectivity index (χ4v) is 4.48. The van der Waals surface area contributed by atoms with Gasteiger partial charge in [0.2, 0.25) is 0 Å². The van der Waals surface area contributed by atoms with Crippen molar-refractivity contribution in [3.05, 3.63) is 121 Å². The Kier molecular flexibility index (Phi) is 7.89. The number of hydrogen-bond donors (Lipinski definition) is 3. The van der Waals surface area contributed by atoms with E-state index in [1.165, 1.54) is 55.6 Å². The molecule has 0 aromatic heterocycles. The summed E-state index contributed by atoms with van der Waals surface area (Å²) in [5.74, 6) is -1.33. The lowest BCUT2D eigenvalue weighted by atomic mass is 9.79. The van der Waals surface area contributed by atoms with Crippen LogP contribution in [0.4, 0.5) is 22.7 Å². The van der Waals surface area contributed by atoms with Crippen molar-refractivity contribution < 1.29 is 24.2 Å². The minimum atomic E-state index is -0.826. The molecule has 12 nitrogen and oxygen atoms in total. The van der Waals surface area contributed by atoms with Crippen molar-refractivity contribution in [1.82, 2.24) is 5.32 Å². The van der Waals surface area contributed by atoms with Gasteiger partial charge in [0.15, 0.2) is 0 Å².